The lowest BCUT2D eigenvalue weighted by atomic mass is 10.1. The van der Waals surface area contributed by atoms with Crippen LogP contribution in [0.15, 0.2) is 35.4 Å². The van der Waals surface area contributed by atoms with Crippen molar-refractivity contribution in [1.29, 1.82) is 0 Å². The number of fused-ring (bicyclic) bond motifs is 1. The molecular weight excluding hydrogens is 494 g/mol. The van der Waals surface area contributed by atoms with Crippen molar-refractivity contribution >= 4 is 41.1 Å². The number of anilines is 2. The van der Waals surface area contributed by atoms with Gasteiger partial charge in [0.25, 0.3) is 17.9 Å². The molecule has 0 spiro atoms. The molecule has 12 heteroatoms. The number of nitrogens with one attached hydrogen (secondary N) is 1. The number of aryl methyl sites for hydroxylation is 1. The zero-order valence-electron chi connectivity index (χ0n) is 21.0. The molecule has 0 bridgehead atoms. The Bertz CT molecular complexity index is 1350. The molecule has 198 valence electrons. The van der Waals surface area contributed by atoms with E-state index < -0.39 is 23.6 Å². The quantitative estimate of drug-likeness (QED) is 0.209. The molecule has 4 amide bonds. The first-order chi connectivity index (χ1) is 18.3. The van der Waals surface area contributed by atoms with E-state index >= 15 is 0 Å². The lowest BCUT2D eigenvalue weighted by Crippen LogP contribution is -2.44. The molecule has 1 aliphatic heterocycles. The van der Waals surface area contributed by atoms with Gasteiger partial charge in [0, 0.05) is 13.3 Å². The highest BCUT2D eigenvalue weighted by atomic mass is 16.5. The summed E-state index contributed by atoms with van der Waals surface area (Å²) in [5.41, 5.74) is 5.96. The van der Waals surface area contributed by atoms with Crippen LogP contribution >= 0.6 is 0 Å². The van der Waals surface area contributed by atoms with Crippen LogP contribution in [0.25, 0.3) is 0 Å². The maximum absolute atomic E-state index is 13.7. The number of carbonyl (C=O) groups excluding carboxylic acids is 5. The number of hydrazone groups is 1. The first-order valence-corrected chi connectivity index (χ1v) is 12.1. The number of isocyanates is 1. The van der Waals surface area contributed by atoms with Gasteiger partial charge in [-0.1, -0.05) is 17.2 Å². The van der Waals surface area contributed by atoms with Gasteiger partial charge in [-0.25, -0.2) is 4.79 Å². The van der Waals surface area contributed by atoms with E-state index in [1.54, 1.807) is 12.1 Å². The highest BCUT2D eigenvalue weighted by Crippen LogP contribution is 2.45. The Morgan fingerprint density at radius 1 is 1.18 bits per heavy atom. The second-order valence-electron chi connectivity index (χ2n) is 8.91. The van der Waals surface area contributed by atoms with Gasteiger partial charge >= 0.3 is 0 Å². The van der Waals surface area contributed by atoms with Gasteiger partial charge in [0.05, 0.1) is 30.0 Å². The molecule has 0 atom stereocenters. The molecule has 0 aromatic heterocycles. The number of ether oxygens (including phenoxy) is 2. The van der Waals surface area contributed by atoms with Crippen molar-refractivity contribution in [3.8, 4) is 11.5 Å². The van der Waals surface area contributed by atoms with E-state index in [1.165, 1.54) is 38.3 Å². The number of carbonyl (C=O) groups is 4. The number of rotatable bonds is 10. The molecule has 0 unspecified atom stereocenters. The second-order valence-corrected chi connectivity index (χ2v) is 8.91. The van der Waals surface area contributed by atoms with Crippen molar-refractivity contribution < 1.29 is 33.4 Å². The zero-order valence-corrected chi connectivity index (χ0v) is 21.0. The van der Waals surface area contributed by atoms with Gasteiger partial charge in [0.1, 0.15) is 5.69 Å². The van der Waals surface area contributed by atoms with Crippen LogP contribution in [0.5, 0.6) is 11.5 Å². The van der Waals surface area contributed by atoms with Crippen LogP contribution in [0, 0.1) is 0 Å². The Kier molecular flexibility index (Phi) is 7.73. The van der Waals surface area contributed by atoms with Gasteiger partial charge in [0.15, 0.2) is 11.5 Å². The molecule has 2 aromatic rings. The standard InChI is InChI=1S/C26H27N5O7/c1-15(33)29-19-9-5-8-18-22(19)26(36)30(25(18)35)31(28-14-32)23-16(11-13-21(27)34)10-12-20(37-2)24(23)38-17-6-3-4-7-17/h5,8-10,12,17H,3-4,6-7,11,13H2,1-2H3,(H2,27,34)(H,29,33). The molecule has 1 aliphatic carbocycles. The molecule has 1 fully saturated rings. The molecule has 0 radical (unpaired) electrons. The number of amides is 4. The number of methoxy groups -OCH3 is 1. The number of hydrogen-bond acceptors (Lipinski definition) is 9. The van der Waals surface area contributed by atoms with Crippen LogP contribution in [0.4, 0.5) is 11.4 Å². The number of nitrogens with zero attached hydrogens (tertiary/aromatic N) is 3. The minimum absolute atomic E-state index is 0.00666. The van der Waals surface area contributed by atoms with E-state index in [1.807, 2.05) is 0 Å². The number of hydrogen-bond donors (Lipinski definition) is 2. The van der Waals surface area contributed by atoms with Crippen molar-refractivity contribution in [3.05, 3.63) is 47.0 Å². The maximum atomic E-state index is 13.7. The summed E-state index contributed by atoms with van der Waals surface area (Å²) >= 11 is 0. The molecule has 3 N–H and O–H groups in total. The topological polar surface area (TPSA) is 161 Å². The molecule has 38 heavy (non-hydrogen) atoms. The van der Waals surface area contributed by atoms with Crippen molar-refractivity contribution in [2.75, 3.05) is 17.5 Å². The third-order valence-corrected chi connectivity index (χ3v) is 6.36. The Morgan fingerprint density at radius 3 is 2.55 bits per heavy atom. The SMILES string of the molecule is COc1ccc(CCC(N)=O)c(N(N=C=O)N2C(=O)c3cccc(NC(C)=O)c3C2=O)c1OC1CCCC1. The van der Waals surface area contributed by atoms with Gasteiger partial charge < -0.3 is 20.5 Å². The predicted octanol–water partition coefficient (Wildman–Crippen LogP) is 2.66. The van der Waals surface area contributed by atoms with Gasteiger partial charge in [-0.15, -0.1) is 5.12 Å². The van der Waals surface area contributed by atoms with E-state index in [0.29, 0.717) is 10.6 Å². The van der Waals surface area contributed by atoms with Crippen molar-refractivity contribution in [3.63, 3.8) is 0 Å². The summed E-state index contributed by atoms with van der Waals surface area (Å²) < 4.78 is 11.8. The summed E-state index contributed by atoms with van der Waals surface area (Å²) in [4.78, 5) is 62.2. The average Bonchev–Trinajstić information content (AvgIpc) is 3.48. The highest BCUT2D eigenvalue weighted by molar-refractivity contribution is 6.25. The van der Waals surface area contributed by atoms with Crippen LogP contribution in [-0.4, -0.2) is 47.9 Å². The van der Waals surface area contributed by atoms with Crippen LogP contribution in [0.1, 0.15) is 65.3 Å². The van der Waals surface area contributed by atoms with Gasteiger partial charge in [-0.2, -0.15) is 5.01 Å². The lowest BCUT2D eigenvalue weighted by molar-refractivity contribution is -0.118. The van der Waals surface area contributed by atoms with Gasteiger partial charge in [-0.05, 0) is 55.9 Å². The van der Waals surface area contributed by atoms with E-state index in [-0.39, 0.29) is 52.9 Å². The number of hydrazine groups is 1. The third kappa shape index (κ3) is 5.07. The fourth-order valence-corrected chi connectivity index (χ4v) is 4.69. The van der Waals surface area contributed by atoms with E-state index in [4.69, 9.17) is 15.2 Å². The normalized spacial score (nSPS) is 14.6. The summed E-state index contributed by atoms with van der Waals surface area (Å²) in [5.74, 6) is -2.20. The Morgan fingerprint density at radius 2 is 1.92 bits per heavy atom. The lowest BCUT2D eigenvalue weighted by Gasteiger charge is -2.30. The molecule has 12 nitrogen and oxygen atoms in total. The minimum atomic E-state index is -0.830. The van der Waals surface area contributed by atoms with Crippen molar-refractivity contribution in [2.24, 2.45) is 10.8 Å². The number of benzene rings is 2. The van der Waals surface area contributed by atoms with Crippen LogP contribution in [-0.2, 0) is 20.8 Å². The third-order valence-electron chi connectivity index (χ3n) is 6.36. The molecule has 2 aromatic carbocycles. The molecule has 2 aliphatic rings. The Balaban J connectivity index is 1.89. The number of nitrogens with two attached hydrogens (primary N) is 1. The molecular formula is C26H27N5O7. The molecule has 4 rings (SSSR count). The van der Waals surface area contributed by atoms with Gasteiger partial charge in [0.2, 0.25) is 11.8 Å². The fourth-order valence-electron chi connectivity index (χ4n) is 4.69. The van der Waals surface area contributed by atoms with Crippen molar-refractivity contribution in [1.82, 2.24) is 5.01 Å². The highest BCUT2D eigenvalue weighted by Gasteiger charge is 2.44. The Hall–Kier alpha value is -4.70. The summed E-state index contributed by atoms with van der Waals surface area (Å²) in [6, 6.07) is 7.68. The molecule has 1 heterocycles. The Labute approximate surface area is 218 Å². The monoisotopic (exact) mass is 521 g/mol. The summed E-state index contributed by atoms with van der Waals surface area (Å²) in [7, 11) is 1.43. The average molecular weight is 522 g/mol. The second kappa shape index (κ2) is 11.1. The minimum Gasteiger partial charge on any atom is -0.493 e. The number of imide groups is 1. The van der Waals surface area contributed by atoms with E-state index in [2.05, 4.69) is 10.4 Å². The number of primary amides is 1. The molecule has 0 saturated heterocycles. The fraction of sp³-hybridized carbons (Fsp3) is 0.346. The smallest absolute Gasteiger partial charge is 0.284 e. The maximum Gasteiger partial charge on any atom is 0.284 e. The van der Waals surface area contributed by atoms with Crippen LogP contribution in [0.2, 0.25) is 0 Å². The first-order valence-electron chi connectivity index (χ1n) is 12.1. The summed E-state index contributed by atoms with van der Waals surface area (Å²) in [5, 5.41) is 7.76. The predicted molar refractivity (Wildman–Crippen MR) is 135 cm³/mol. The largest absolute Gasteiger partial charge is 0.493 e. The van der Waals surface area contributed by atoms with Crippen LogP contribution < -0.4 is 25.6 Å². The first kappa shape index (κ1) is 26.4. The van der Waals surface area contributed by atoms with E-state index in [9.17, 15) is 24.0 Å². The molecule has 1 saturated carbocycles. The summed E-state index contributed by atoms with van der Waals surface area (Å²) in [6.45, 7) is 1.27. The van der Waals surface area contributed by atoms with Crippen molar-refractivity contribution in [2.45, 2.75) is 51.6 Å². The van der Waals surface area contributed by atoms with Crippen LogP contribution in [0.3, 0.4) is 0 Å². The van der Waals surface area contributed by atoms with Gasteiger partial charge in [-0.3, -0.25) is 19.2 Å². The summed E-state index contributed by atoms with van der Waals surface area (Å²) in [6.07, 6.45) is 4.74. The van der Waals surface area contributed by atoms with E-state index in [0.717, 1.165) is 30.8 Å². The zero-order chi connectivity index (χ0) is 27.4.